The summed E-state index contributed by atoms with van der Waals surface area (Å²) in [6, 6.07) is -4.97. The number of carbonyl (C=O) groups excluding carboxylic acids is 4. The molecule has 0 spiro atoms. The molecule has 0 fully saturated rings. The molecule has 0 aliphatic carbocycles. The summed E-state index contributed by atoms with van der Waals surface area (Å²) in [5.74, 6) is -5.58. The minimum atomic E-state index is -1.38. The van der Waals surface area contributed by atoms with Crippen LogP contribution in [0.5, 0.6) is 0 Å². The SMILES string of the molecule is CCC(C)C(NC(=O)C(CCSC)NC(=O)C(N)CC(=O)O)C(=O)NC(CCC(N)=O)C(=O)O. The van der Waals surface area contributed by atoms with Gasteiger partial charge in [-0.3, -0.25) is 24.0 Å². The van der Waals surface area contributed by atoms with E-state index in [1.165, 1.54) is 11.8 Å². The highest BCUT2D eigenvalue weighted by atomic mass is 32.2. The van der Waals surface area contributed by atoms with Crippen LogP contribution in [0.4, 0.5) is 0 Å². The van der Waals surface area contributed by atoms with E-state index in [2.05, 4.69) is 16.0 Å². The van der Waals surface area contributed by atoms with Gasteiger partial charge in [0, 0.05) is 6.42 Å². The average Bonchev–Trinajstić information content (AvgIpc) is 2.75. The van der Waals surface area contributed by atoms with Crippen LogP contribution in [0.1, 0.15) is 46.0 Å². The molecular formula is C20H35N5O8S. The summed E-state index contributed by atoms with van der Waals surface area (Å²) in [6.45, 7) is 3.46. The van der Waals surface area contributed by atoms with Gasteiger partial charge in [0.15, 0.2) is 0 Å². The van der Waals surface area contributed by atoms with Crippen LogP contribution in [0.15, 0.2) is 0 Å². The first-order valence-corrected chi connectivity index (χ1v) is 12.1. The number of nitrogens with two attached hydrogens (primary N) is 2. The van der Waals surface area contributed by atoms with Crippen LogP contribution in [-0.2, 0) is 28.8 Å². The maximum Gasteiger partial charge on any atom is 0.326 e. The predicted molar refractivity (Wildman–Crippen MR) is 125 cm³/mol. The molecule has 9 N–H and O–H groups in total. The van der Waals surface area contributed by atoms with Crippen LogP contribution in [-0.4, -0.2) is 82.0 Å². The second-order valence-electron chi connectivity index (χ2n) is 7.82. The van der Waals surface area contributed by atoms with E-state index in [4.69, 9.17) is 16.6 Å². The summed E-state index contributed by atoms with van der Waals surface area (Å²) in [7, 11) is 0. The maximum atomic E-state index is 12.9. The largest absolute Gasteiger partial charge is 0.481 e. The molecule has 0 aromatic heterocycles. The lowest BCUT2D eigenvalue weighted by Gasteiger charge is -2.28. The van der Waals surface area contributed by atoms with Crippen molar-refractivity contribution in [2.75, 3.05) is 12.0 Å². The molecule has 0 radical (unpaired) electrons. The fraction of sp³-hybridized carbons (Fsp3) is 0.700. The summed E-state index contributed by atoms with van der Waals surface area (Å²) in [6.07, 6.45) is 1.35. The first-order chi connectivity index (χ1) is 15.8. The molecule has 0 bridgehead atoms. The monoisotopic (exact) mass is 505 g/mol. The fourth-order valence-electron chi connectivity index (χ4n) is 2.83. The van der Waals surface area contributed by atoms with Crippen molar-refractivity contribution in [1.29, 1.82) is 0 Å². The van der Waals surface area contributed by atoms with Gasteiger partial charge >= 0.3 is 11.9 Å². The normalized spacial score (nSPS) is 15.2. The molecule has 0 saturated heterocycles. The number of amides is 4. The molecule has 0 aromatic carbocycles. The molecule has 0 saturated carbocycles. The topological polar surface area (TPSA) is 231 Å². The van der Waals surface area contributed by atoms with Crippen molar-refractivity contribution in [3.05, 3.63) is 0 Å². The third-order valence-corrected chi connectivity index (χ3v) is 5.71. The number of thioether (sulfide) groups is 1. The number of hydrogen-bond acceptors (Lipinski definition) is 8. The van der Waals surface area contributed by atoms with Crippen molar-refractivity contribution < 1.29 is 39.0 Å². The Morgan fingerprint density at radius 1 is 0.912 bits per heavy atom. The third-order valence-electron chi connectivity index (χ3n) is 5.06. The zero-order valence-electron chi connectivity index (χ0n) is 19.5. The number of rotatable bonds is 17. The highest BCUT2D eigenvalue weighted by molar-refractivity contribution is 7.98. The van der Waals surface area contributed by atoms with Gasteiger partial charge in [0.2, 0.25) is 23.6 Å². The minimum absolute atomic E-state index is 0.184. The van der Waals surface area contributed by atoms with E-state index in [1.807, 2.05) is 0 Å². The Balaban J connectivity index is 5.53. The Morgan fingerprint density at radius 3 is 1.97 bits per heavy atom. The number of primary amides is 1. The predicted octanol–water partition coefficient (Wildman–Crippen LogP) is -1.61. The van der Waals surface area contributed by atoms with Crippen LogP contribution >= 0.6 is 11.8 Å². The molecule has 0 aliphatic heterocycles. The molecule has 0 aromatic rings. The Kier molecular flexibility index (Phi) is 14.5. The van der Waals surface area contributed by atoms with Gasteiger partial charge in [-0.05, 0) is 30.8 Å². The molecule has 13 nitrogen and oxygen atoms in total. The van der Waals surface area contributed by atoms with Gasteiger partial charge in [-0.1, -0.05) is 20.3 Å². The molecule has 0 aliphatic rings. The van der Waals surface area contributed by atoms with E-state index < -0.39 is 72.1 Å². The fourth-order valence-corrected chi connectivity index (χ4v) is 3.30. The molecule has 5 unspecified atom stereocenters. The molecule has 34 heavy (non-hydrogen) atoms. The standard InChI is InChI=1S/C20H35N5O8S/c1-4-10(2)16(19(31)24-13(20(32)33)5-6-14(22)26)25-18(30)12(7-8-34-3)23-17(29)11(21)9-15(27)28/h10-13,16H,4-9,21H2,1-3H3,(H2,22,26)(H,23,29)(H,24,31)(H,25,30)(H,27,28)(H,32,33). The Labute approximate surface area is 202 Å². The minimum Gasteiger partial charge on any atom is -0.481 e. The Bertz CT molecular complexity index is 750. The van der Waals surface area contributed by atoms with E-state index in [-0.39, 0.29) is 19.3 Å². The first kappa shape index (κ1) is 31.1. The number of nitrogens with one attached hydrogen (secondary N) is 3. The first-order valence-electron chi connectivity index (χ1n) is 10.7. The lowest BCUT2D eigenvalue weighted by Crippen LogP contribution is -2.58. The lowest BCUT2D eigenvalue weighted by atomic mass is 9.97. The van der Waals surface area contributed by atoms with E-state index in [9.17, 15) is 33.9 Å². The smallest absolute Gasteiger partial charge is 0.326 e. The Hall–Kier alpha value is -2.87. The molecule has 0 heterocycles. The second-order valence-corrected chi connectivity index (χ2v) is 8.81. The highest BCUT2D eigenvalue weighted by Gasteiger charge is 2.32. The number of aliphatic carboxylic acids is 2. The lowest BCUT2D eigenvalue weighted by molar-refractivity contribution is -0.143. The van der Waals surface area contributed by atoms with Gasteiger partial charge in [-0.15, -0.1) is 0 Å². The van der Waals surface area contributed by atoms with Crippen LogP contribution in [0.25, 0.3) is 0 Å². The molecular weight excluding hydrogens is 470 g/mol. The van der Waals surface area contributed by atoms with Gasteiger partial charge in [-0.25, -0.2) is 4.79 Å². The van der Waals surface area contributed by atoms with Crippen LogP contribution in [0, 0.1) is 5.92 Å². The van der Waals surface area contributed by atoms with Gasteiger partial charge in [-0.2, -0.15) is 11.8 Å². The van der Waals surface area contributed by atoms with Crippen molar-refractivity contribution in [3.63, 3.8) is 0 Å². The van der Waals surface area contributed by atoms with Crippen LogP contribution in [0.2, 0.25) is 0 Å². The van der Waals surface area contributed by atoms with Crippen molar-refractivity contribution in [2.45, 2.75) is 70.1 Å². The molecule has 0 rings (SSSR count). The van der Waals surface area contributed by atoms with E-state index in [1.54, 1.807) is 20.1 Å². The van der Waals surface area contributed by atoms with E-state index in [0.29, 0.717) is 12.2 Å². The Morgan fingerprint density at radius 2 is 1.50 bits per heavy atom. The summed E-state index contributed by atoms with van der Waals surface area (Å²) in [5.41, 5.74) is 10.6. The second kappa shape index (κ2) is 15.9. The van der Waals surface area contributed by atoms with Crippen LogP contribution in [0.3, 0.4) is 0 Å². The van der Waals surface area contributed by atoms with E-state index >= 15 is 0 Å². The zero-order valence-corrected chi connectivity index (χ0v) is 20.4. The number of carboxylic acids is 2. The third kappa shape index (κ3) is 11.8. The van der Waals surface area contributed by atoms with Crippen molar-refractivity contribution in [2.24, 2.45) is 17.4 Å². The summed E-state index contributed by atoms with van der Waals surface area (Å²) >= 11 is 1.41. The summed E-state index contributed by atoms with van der Waals surface area (Å²) in [4.78, 5) is 71.3. The maximum absolute atomic E-state index is 12.9. The highest BCUT2D eigenvalue weighted by Crippen LogP contribution is 2.11. The molecule has 194 valence electrons. The van der Waals surface area contributed by atoms with Crippen LogP contribution < -0.4 is 27.4 Å². The number of carboxylic acid groups (broad SMARTS) is 2. The summed E-state index contributed by atoms with van der Waals surface area (Å²) in [5, 5.41) is 25.4. The quantitative estimate of drug-likeness (QED) is 0.119. The van der Waals surface area contributed by atoms with Crippen molar-refractivity contribution in [1.82, 2.24) is 16.0 Å². The van der Waals surface area contributed by atoms with E-state index in [0.717, 1.165) is 0 Å². The molecule has 14 heteroatoms. The average molecular weight is 506 g/mol. The van der Waals surface area contributed by atoms with Crippen molar-refractivity contribution >= 4 is 47.3 Å². The van der Waals surface area contributed by atoms with Gasteiger partial charge < -0.3 is 37.6 Å². The number of carbonyl (C=O) groups is 6. The summed E-state index contributed by atoms with van der Waals surface area (Å²) < 4.78 is 0. The molecule has 4 amide bonds. The van der Waals surface area contributed by atoms with Gasteiger partial charge in [0.1, 0.15) is 18.1 Å². The van der Waals surface area contributed by atoms with Crippen molar-refractivity contribution in [3.8, 4) is 0 Å². The number of hydrogen-bond donors (Lipinski definition) is 7. The van der Waals surface area contributed by atoms with Gasteiger partial charge in [0.05, 0.1) is 12.5 Å². The molecule has 5 atom stereocenters. The van der Waals surface area contributed by atoms with Gasteiger partial charge in [0.25, 0.3) is 0 Å². The zero-order chi connectivity index (χ0) is 26.4.